The lowest BCUT2D eigenvalue weighted by atomic mass is 9.88. The van der Waals surface area contributed by atoms with Crippen molar-refractivity contribution in [1.29, 1.82) is 0 Å². The van der Waals surface area contributed by atoms with Gasteiger partial charge >= 0.3 is 0 Å². The third kappa shape index (κ3) is 4.26. The van der Waals surface area contributed by atoms with Gasteiger partial charge in [-0.1, -0.05) is 27.7 Å². The summed E-state index contributed by atoms with van der Waals surface area (Å²) < 4.78 is 5.80. The summed E-state index contributed by atoms with van der Waals surface area (Å²) in [6, 6.07) is 1.89. The second kappa shape index (κ2) is 6.69. The van der Waals surface area contributed by atoms with E-state index in [1.165, 1.54) is 0 Å². The van der Waals surface area contributed by atoms with Crippen molar-refractivity contribution in [3.05, 3.63) is 18.1 Å². The smallest absolute Gasteiger partial charge is 0.160 e. The second-order valence-corrected chi connectivity index (χ2v) is 5.43. The third-order valence-electron chi connectivity index (χ3n) is 2.58. The number of nitrogens with one attached hydrogen (secondary N) is 1. The number of hydrogen-bond acceptors (Lipinski definition) is 4. The maximum absolute atomic E-state index is 5.80. The Balaban J connectivity index is 2.91. The van der Waals surface area contributed by atoms with Crippen molar-refractivity contribution in [2.45, 2.75) is 47.1 Å². The van der Waals surface area contributed by atoms with Crippen LogP contribution in [0.3, 0.4) is 0 Å². The van der Waals surface area contributed by atoms with Crippen LogP contribution in [0.5, 0.6) is 0 Å². The highest BCUT2D eigenvalue weighted by atomic mass is 16.5. The van der Waals surface area contributed by atoms with E-state index in [-0.39, 0.29) is 11.5 Å². The summed E-state index contributed by atoms with van der Waals surface area (Å²) >= 11 is 0. The van der Waals surface area contributed by atoms with Crippen LogP contribution in [0.15, 0.2) is 12.3 Å². The Bertz CT molecular complexity index is 360. The molecule has 0 aliphatic carbocycles. The molecule has 1 heterocycles. The molecule has 102 valence electrons. The predicted molar refractivity (Wildman–Crippen MR) is 74.6 cm³/mol. The minimum absolute atomic E-state index is 0.0145. The number of ether oxygens (including phenoxy) is 1. The summed E-state index contributed by atoms with van der Waals surface area (Å²) in [5, 5.41) is 3.28. The SMILES string of the molecule is CCCNc1ccnc(C(OCC)C(C)(C)C)n1. The van der Waals surface area contributed by atoms with Crippen LogP contribution < -0.4 is 5.32 Å². The van der Waals surface area contributed by atoms with Crippen LogP contribution in [0.1, 0.15) is 53.0 Å². The molecule has 4 heteroatoms. The molecular formula is C14H25N3O. The fourth-order valence-corrected chi connectivity index (χ4v) is 1.73. The van der Waals surface area contributed by atoms with E-state index in [1.807, 2.05) is 13.0 Å². The molecule has 0 aliphatic rings. The van der Waals surface area contributed by atoms with Gasteiger partial charge in [0.25, 0.3) is 0 Å². The molecule has 0 fully saturated rings. The van der Waals surface area contributed by atoms with E-state index in [0.29, 0.717) is 6.61 Å². The van der Waals surface area contributed by atoms with E-state index < -0.39 is 0 Å². The first-order chi connectivity index (χ1) is 8.49. The average molecular weight is 251 g/mol. The Morgan fingerprint density at radius 1 is 1.33 bits per heavy atom. The summed E-state index contributed by atoms with van der Waals surface area (Å²) in [5.74, 6) is 1.63. The quantitative estimate of drug-likeness (QED) is 0.841. The summed E-state index contributed by atoms with van der Waals surface area (Å²) in [6.07, 6.45) is 2.79. The van der Waals surface area contributed by atoms with E-state index in [4.69, 9.17) is 4.74 Å². The van der Waals surface area contributed by atoms with Gasteiger partial charge in [-0.3, -0.25) is 0 Å². The van der Waals surface area contributed by atoms with Gasteiger partial charge < -0.3 is 10.1 Å². The summed E-state index contributed by atoms with van der Waals surface area (Å²) in [5.41, 5.74) is -0.0145. The lowest BCUT2D eigenvalue weighted by Gasteiger charge is -2.29. The molecule has 1 rings (SSSR count). The molecule has 0 saturated heterocycles. The van der Waals surface area contributed by atoms with Crippen molar-refractivity contribution in [3.8, 4) is 0 Å². The normalized spacial score (nSPS) is 13.4. The van der Waals surface area contributed by atoms with Crippen LogP contribution in [-0.4, -0.2) is 23.1 Å². The zero-order valence-electron chi connectivity index (χ0n) is 12.2. The Morgan fingerprint density at radius 2 is 2.06 bits per heavy atom. The molecule has 4 nitrogen and oxygen atoms in total. The van der Waals surface area contributed by atoms with Gasteiger partial charge in [0.05, 0.1) is 0 Å². The van der Waals surface area contributed by atoms with Crippen molar-refractivity contribution in [1.82, 2.24) is 9.97 Å². The number of rotatable bonds is 6. The Hall–Kier alpha value is -1.16. The topological polar surface area (TPSA) is 47.0 Å². The van der Waals surface area contributed by atoms with Gasteiger partial charge in [0.15, 0.2) is 5.82 Å². The minimum Gasteiger partial charge on any atom is -0.370 e. The standard InChI is InChI=1S/C14H25N3O/c1-6-9-15-11-8-10-16-13(17-11)12(18-7-2)14(3,4)5/h8,10,12H,6-7,9H2,1-5H3,(H,15,16,17). The molecule has 0 bridgehead atoms. The van der Waals surface area contributed by atoms with Gasteiger partial charge in [0.2, 0.25) is 0 Å². The first kappa shape index (κ1) is 14.9. The predicted octanol–water partition coefficient (Wildman–Crippen LogP) is 3.42. The molecule has 0 aromatic carbocycles. The first-order valence-electron chi connectivity index (χ1n) is 6.67. The Morgan fingerprint density at radius 3 is 2.61 bits per heavy atom. The fraction of sp³-hybridized carbons (Fsp3) is 0.714. The number of anilines is 1. The lowest BCUT2D eigenvalue weighted by molar-refractivity contribution is -0.0190. The van der Waals surface area contributed by atoms with E-state index >= 15 is 0 Å². The molecule has 0 spiro atoms. The molecule has 1 unspecified atom stereocenters. The average Bonchev–Trinajstić information content (AvgIpc) is 2.32. The van der Waals surface area contributed by atoms with Crippen LogP contribution >= 0.6 is 0 Å². The number of hydrogen-bond donors (Lipinski definition) is 1. The largest absolute Gasteiger partial charge is 0.370 e. The molecule has 1 aromatic heterocycles. The maximum atomic E-state index is 5.80. The first-order valence-corrected chi connectivity index (χ1v) is 6.67. The molecule has 1 N–H and O–H groups in total. The number of aromatic nitrogens is 2. The van der Waals surface area contributed by atoms with Gasteiger partial charge in [0.1, 0.15) is 11.9 Å². The van der Waals surface area contributed by atoms with Crippen LogP contribution in [0.4, 0.5) is 5.82 Å². The Kier molecular flexibility index (Phi) is 5.54. The van der Waals surface area contributed by atoms with E-state index in [2.05, 4.69) is 43.0 Å². The molecule has 0 aliphatic heterocycles. The van der Waals surface area contributed by atoms with Crippen molar-refractivity contribution in [2.24, 2.45) is 5.41 Å². The summed E-state index contributed by atoms with van der Waals surface area (Å²) in [6.45, 7) is 12.1. The Labute approximate surface area is 110 Å². The van der Waals surface area contributed by atoms with Gasteiger partial charge in [-0.05, 0) is 24.8 Å². The second-order valence-electron chi connectivity index (χ2n) is 5.43. The van der Waals surface area contributed by atoms with Gasteiger partial charge in [-0.15, -0.1) is 0 Å². The van der Waals surface area contributed by atoms with Crippen molar-refractivity contribution >= 4 is 5.82 Å². The van der Waals surface area contributed by atoms with Gasteiger partial charge in [-0.2, -0.15) is 0 Å². The fourth-order valence-electron chi connectivity index (χ4n) is 1.73. The van der Waals surface area contributed by atoms with Crippen LogP contribution in [0.2, 0.25) is 0 Å². The zero-order valence-corrected chi connectivity index (χ0v) is 12.2. The zero-order chi connectivity index (χ0) is 13.6. The summed E-state index contributed by atoms with van der Waals surface area (Å²) in [4.78, 5) is 8.91. The highest BCUT2D eigenvalue weighted by Crippen LogP contribution is 2.34. The monoisotopic (exact) mass is 251 g/mol. The van der Waals surface area contributed by atoms with Crippen molar-refractivity contribution in [3.63, 3.8) is 0 Å². The molecular weight excluding hydrogens is 226 g/mol. The molecule has 0 amide bonds. The summed E-state index contributed by atoms with van der Waals surface area (Å²) in [7, 11) is 0. The van der Waals surface area contributed by atoms with Gasteiger partial charge in [-0.25, -0.2) is 9.97 Å². The van der Waals surface area contributed by atoms with Crippen LogP contribution in [-0.2, 0) is 4.74 Å². The van der Waals surface area contributed by atoms with Gasteiger partial charge in [0, 0.05) is 19.3 Å². The highest BCUT2D eigenvalue weighted by Gasteiger charge is 2.29. The third-order valence-corrected chi connectivity index (χ3v) is 2.58. The molecule has 0 radical (unpaired) electrons. The van der Waals surface area contributed by atoms with E-state index in [1.54, 1.807) is 6.20 Å². The number of nitrogens with zero attached hydrogens (tertiary/aromatic N) is 2. The van der Waals surface area contributed by atoms with E-state index in [9.17, 15) is 0 Å². The van der Waals surface area contributed by atoms with Crippen molar-refractivity contribution in [2.75, 3.05) is 18.5 Å². The van der Waals surface area contributed by atoms with E-state index in [0.717, 1.165) is 24.6 Å². The molecule has 1 aromatic rings. The van der Waals surface area contributed by atoms with Crippen molar-refractivity contribution < 1.29 is 4.74 Å². The molecule has 0 saturated carbocycles. The highest BCUT2D eigenvalue weighted by molar-refractivity contribution is 5.33. The van der Waals surface area contributed by atoms with Crippen LogP contribution in [0, 0.1) is 5.41 Å². The minimum atomic E-state index is -0.0779. The van der Waals surface area contributed by atoms with Crippen LogP contribution in [0.25, 0.3) is 0 Å². The molecule has 18 heavy (non-hydrogen) atoms. The molecule has 1 atom stereocenters. The lowest BCUT2D eigenvalue weighted by Crippen LogP contribution is -2.24. The maximum Gasteiger partial charge on any atom is 0.160 e.